The highest BCUT2D eigenvalue weighted by Crippen LogP contribution is 2.10. The minimum absolute atomic E-state index is 0.183. The second kappa shape index (κ2) is 7.92. The summed E-state index contributed by atoms with van der Waals surface area (Å²) in [6, 6.07) is 11.1. The van der Waals surface area contributed by atoms with E-state index in [9.17, 15) is 4.79 Å². The summed E-state index contributed by atoms with van der Waals surface area (Å²) in [5.41, 5.74) is 2.27. The van der Waals surface area contributed by atoms with Crippen molar-refractivity contribution in [3.05, 3.63) is 59.8 Å². The molecule has 23 heavy (non-hydrogen) atoms. The Bertz CT molecular complexity index is 730. The highest BCUT2D eigenvalue weighted by molar-refractivity contribution is 5.90. The zero-order valence-corrected chi connectivity index (χ0v) is 13.0. The van der Waals surface area contributed by atoms with Crippen molar-refractivity contribution < 1.29 is 9.32 Å². The molecule has 1 heterocycles. The molecule has 1 N–H and O–H groups in total. The molecular weight excluding hydrogens is 292 g/mol. The first-order valence-electron chi connectivity index (χ1n) is 7.16. The van der Waals surface area contributed by atoms with E-state index in [2.05, 4.69) is 23.1 Å². The fourth-order valence-electron chi connectivity index (χ4n) is 2.17. The SMILES string of the molecule is C=CCN(CC(=O)Nc1cc(C)no1)Cc1cccc(C#N)c1. The minimum Gasteiger partial charge on any atom is -0.338 e. The number of anilines is 1. The van der Waals surface area contributed by atoms with Crippen molar-refractivity contribution in [1.82, 2.24) is 10.1 Å². The Morgan fingerprint density at radius 2 is 2.35 bits per heavy atom. The Morgan fingerprint density at radius 3 is 3.00 bits per heavy atom. The van der Waals surface area contributed by atoms with Crippen molar-refractivity contribution in [2.75, 3.05) is 18.4 Å². The maximum Gasteiger partial charge on any atom is 0.240 e. The number of amides is 1. The Balaban J connectivity index is 1.98. The van der Waals surface area contributed by atoms with E-state index in [1.807, 2.05) is 23.1 Å². The number of nitrogens with zero attached hydrogens (tertiary/aromatic N) is 3. The second-order valence-electron chi connectivity index (χ2n) is 5.15. The lowest BCUT2D eigenvalue weighted by Crippen LogP contribution is -2.33. The summed E-state index contributed by atoms with van der Waals surface area (Å²) in [6.07, 6.45) is 1.74. The van der Waals surface area contributed by atoms with Gasteiger partial charge in [-0.3, -0.25) is 15.0 Å². The second-order valence-corrected chi connectivity index (χ2v) is 5.15. The lowest BCUT2D eigenvalue weighted by atomic mass is 10.1. The first-order chi connectivity index (χ1) is 11.1. The highest BCUT2D eigenvalue weighted by atomic mass is 16.5. The van der Waals surface area contributed by atoms with Gasteiger partial charge >= 0.3 is 0 Å². The van der Waals surface area contributed by atoms with Gasteiger partial charge in [0.15, 0.2) is 0 Å². The van der Waals surface area contributed by atoms with E-state index >= 15 is 0 Å². The predicted octanol–water partition coefficient (Wildman–Crippen LogP) is 2.48. The molecule has 0 saturated carbocycles. The van der Waals surface area contributed by atoms with Gasteiger partial charge in [0.1, 0.15) is 0 Å². The smallest absolute Gasteiger partial charge is 0.240 e. The molecule has 2 rings (SSSR count). The minimum atomic E-state index is -0.195. The summed E-state index contributed by atoms with van der Waals surface area (Å²) >= 11 is 0. The molecule has 6 nitrogen and oxygen atoms in total. The number of hydrogen-bond acceptors (Lipinski definition) is 5. The molecule has 0 fully saturated rings. The topological polar surface area (TPSA) is 82.2 Å². The molecule has 0 aliphatic rings. The largest absolute Gasteiger partial charge is 0.338 e. The van der Waals surface area contributed by atoms with Gasteiger partial charge in [0.25, 0.3) is 0 Å². The molecule has 0 spiro atoms. The summed E-state index contributed by atoms with van der Waals surface area (Å²) in [4.78, 5) is 14.0. The lowest BCUT2D eigenvalue weighted by molar-refractivity contribution is -0.117. The Morgan fingerprint density at radius 1 is 1.52 bits per heavy atom. The van der Waals surface area contributed by atoms with Crippen LogP contribution >= 0.6 is 0 Å². The molecule has 0 radical (unpaired) electrons. The van der Waals surface area contributed by atoms with Crippen LogP contribution in [0.15, 0.2) is 47.5 Å². The summed E-state index contributed by atoms with van der Waals surface area (Å²) in [5, 5.41) is 15.3. The standard InChI is InChI=1S/C17H18N4O2/c1-3-7-21(11-15-6-4-5-14(9-15)10-18)12-16(22)19-17-8-13(2)20-23-17/h3-6,8-9H,1,7,11-12H2,2H3,(H,19,22). The maximum absolute atomic E-state index is 12.1. The van der Waals surface area contributed by atoms with Crippen molar-refractivity contribution in [2.45, 2.75) is 13.5 Å². The molecule has 0 unspecified atom stereocenters. The molecule has 0 aliphatic heterocycles. The molecule has 1 amide bonds. The normalized spacial score (nSPS) is 10.3. The van der Waals surface area contributed by atoms with Gasteiger partial charge in [0.05, 0.1) is 23.9 Å². The zero-order valence-electron chi connectivity index (χ0n) is 13.0. The number of aromatic nitrogens is 1. The van der Waals surface area contributed by atoms with Crippen molar-refractivity contribution in [1.29, 1.82) is 5.26 Å². The van der Waals surface area contributed by atoms with Gasteiger partial charge in [-0.05, 0) is 24.6 Å². The van der Waals surface area contributed by atoms with Gasteiger partial charge in [-0.2, -0.15) is 5.26 Å². The average Bonchev–Trinajstić information content (AvgIpc) is 2.92. The van der Waals surface area contributed by atoms with Crippen LogP contribution in [0.5, 0.6) is 0 Å². The van der Waals surface area contributed by atoms with Crippen molar-refractivity contribution in [3.8, 4) is 6.07 Å². The molecule has 0 aliphatic carbocycles. The van der Waals surface area contributed by atoms with Crippen LogP contribution in [0.25, 0.3) is 0 Å². The number of hydrogen-bond donors (Lipinski definition) is 1. The number of benzene rings is 1. The van der Waals surface area contributed by atoms with E-state index in [4.69, 9.17) is 9.78 Å². The summed E-state index contributed by atoms with van der Waals surface area (Å²) < 4.78 is 4.97. The van der Waals surface area contributed by atoms with E-state index < -0.39 is 0 Å². The molecular formula is C17H18N4O2. The Kier molecular flexibility index (Phi) is 5.67. The van der Waals surface area contributed by atoms with Gasteiger partial charge in [-0.25, -0.2) is 0 Å². The number of aryl methyl sites for hydroxylation is 1. The number of nitrogens with one attached hydrogen (secondary N) is 1. The Labute approximate surface area is 135 Å². The van der Waals surface area contributed by atoms with Gasteiger partial charge in [0, 0.05) is 19.2 Å². The number of nitriles is 1. The molecule has 2 aromatic rings. The fraction of sp³-hybridized carbons (Fsp3) is 0.235. The summed E-state index contributed by atoms with van der Waals surface area (Å²) in [6.45, 7) is 6.78. The molecule has 1 aromatic heterocycles. The third-order valence-electron chi connectivity index (χ3n) is 3.11. The van der Waals surface area contributed by atoms with Crippen LogP contribution in [-0.4, -0.2) is 29.1 Å². The van der Waals surface area contributed by atoms with E-state index in [0.29, 0.717) is 30.2 Å². The van der Waals surface area contributed by atoms with Gasteiger partial charge in [0.2, 0.25) is 11.8 Å². The summed E-state index contributed by atoms with van der Waals surface area (Å²) in [7, 11) is 0. The van der Waals surface area contributed by atoms with Crippen LogP contribution in [-0.2, 0) is 11.3 Å². The zero-order chi connectivity index (χ0) is 16.7. The number of rotatable bonds is 7. The van der Waals surface area contributed by atoms with Crippen LogP contribution in [0.2, 0.25) is 0 Å². The molecule has 0 saturated heterocycles. The molecule has 118 valence electrons. The monoisotopic (exact) mass is 310 g/mol. The number of carbonyl (C=O) groups excluding carboxylic acids is 1. The highest BCUT2D eigenvalue weighted by Gasteiger charge is 2.12. The van der Waals surface area contributed by atoms with E-state index in [1.54, 1.807) is 25.1 Å². The summed E-state index contributed by atoms with van der Waals surface area (Å²) in [5.74, 6) is 0.136. The predicted molar refractivity (Wildman–Crippen MR) is 86.5 cm³/mol. The van der Waals surface area contributed by atoms with Crippen LogP contribution in [0.4, 0.5) is 5.88 Å². The Hall–Kier alpha value is -2.91. The number of carbonyl (C=O) groups is 1. The lowest BCUT2D eigenvalue weighted by Gasteiger charge is -2.19. The van der Waals surface area contributed by atoms with Crippen LogP contribution in [0, 0.1) is 18.3 Å². The third kappa shape index (κ3) is 5.09. The van der Waals surface area contributed by atoms with Crippen LogP contribution in [0.3, 0.4) is 0 Å². The van der Waals surface area contributed by atoms with Gasteiger partial charge in [-0.15, -0.1) is 6.58 Å². The average molecular weight is 310 g/mol. The van der Waals surface area contributed by atoms with Crippen molar-refractivity contribution >= 4 is 11.8 Å². The quantitative estimate of drug-likeness (QED) is 0.794. The van der Waals surface area contributed by atoms with E-state index in [0.717, 1.165) is 5.56 Å². The van der Waals surface area contributed by atoms with Gasteiger partial charge in [-0.1, -0.05) is 23.4 Å². The van der Waals surface area contributed by atoms with Crippen LogP contribution < -0.4 is 5.32 Å². The first-order valence-corrected chi connectivity index (χ1v) is 7.16. The van der Waals surface area contributed by atoms with Crippen LogP contribution in [0.1, 0.15) is 16.8 Å². The molecule has 0 bridgehead atoms. The van der Waals surface area contributed by atoms with E-state index in [1.165, 1.54) is 0 Å². The first kappa shape index (κ1) is 16.5. The molecule has 1 aromatic carbocycles. The molecule has 6 heteroatoms. The fourth-order valence-corrected chi connectivity index (χ4v) is 2.17. The third-order valence-corrected chi connectivity index (χ3v) is 3.11. The molecule has 0 atom stereocenters. The van der Waals surface area contributed by atoms with Gasteiger partial charge < -0.3 is 4.52 Å². The van der Waals surface area contributed by atoms with Crippen molar-refractivity contribution in [2.24, 2.45) is 0 Å². The van der Waals surface area contributed by atoms with Crippen molar-refractivity contribution in [3.63, 3.8) is 0 Å². The van der Waals surface area contributed by atoms with E-state index in [-0.39, 0.29) is 12.5 Å². The maximum atomic E-state index is 12.1.